The largest absolute Gasteiger partial charge is 0.387 e. The topological polar surface area (TPSA) is 23.5 Å². The molecule has 1 N–H and O–H groups in total. The maximum absolute atomic E-state index is 13.5. The van der Waals surface area contributed by atoms with Crippen LogP contribution in [0.5, 0.6) is 0 Å². The molecule has 0 amide bonds. The fourth-order valence-electron chi connectivity index (χ4n) is 2.16. The van der Waals surface area contributed by atoms with Gasteiger partial charge in [0.1, 0.15) is 11.6 Å². The van der Waals surface area contributed by atoms with Crippen LogP contribution in [0.25, 0.3) is 0 Å². The lowest BCUT2D eigenvalue weighted by molar-refractivity contribution is 0.107. The van der Waals surface area contributed by atoms with Crippen molar-refractivity contribution in [3.05, 3.63) is 35.4 Å². The summed E-state index contributed by atoms with van der Waals surface area (Å²) in [4.78, 5) is 2.05. The van der Waals surface area contributed by atoms with Crippen LogP contribution in [0.3, 0.4) is 0 Å². The van der Waals surface area contributed by atoms with Crippen molar-refractivity contribution in [1.82, 2.24) is 4.90 Å². The molecule has 0 spiro atoms. The second-order valence-electron chi connectivity index (χ2n) is 4.64. The number of hydrogen-bond acceptors (Lipinski definition) is 3. The Hall–Kier alpha value is -0.650. The van der Waals surface area contributed by atoms with Gasteiger partial charge in [0, 0.05) is 30.0 Å². The predicted molar refractivity (Wildman–Crippen MR) is 69.7 cm³/mol. The van der Waals surface area contributed by atoms with E-state index >= 15 is 0 Å². The molecule has 1 aliphatic rings. The molecule has 2 unspecified atom stereocenters. The molecule has 5 heteroatoms. The molecule has 0 aromatic heterocycles. The van der Waals surface area contributed by atoms with Crippen molar-refractivity contribution in [1.29, 1.82) is 0 Å². The fourth-order valence-corrected chi connectivity index (χ4v) is 3.46. The first kappa shape index (κ1) is 13.8. The van der Waals surface area contributed by atoms with Gasteiger partial charge in [0.25, 0.3) is 0 Å². The summed E-state index contributed by atoms with van der Waals surface area (Å²) < 4.78 is 26.3. The first-order chi connectivity index (χ1) is 8.58. The van der Waals surface area contributed by atoms with Crippen LogP contribution in [0, 0.1) is 11.6 Å². The van der Waals surface area contributed by atoms with E-state index < -0.39 is 17.7 Å². The number of rotatable bonds is 4. The number of nitrogens with zero attached hydrogens (tertiary/aromatic N) is 1. The molecule has 0 radical (unpaired) electrons. The molecule has 1 heterocycles. The lowest BCUT2D eigenvalue weighted by Gasteiger charge is -2.26. The lowest BCUT2D eigenvalue weighted by Crippen LogP contribution is -2.35. The molecule has 18 heavy (non-hydrogen) atoms. The minimum Gasteiger partial charge on any atom is -0.387 e. The Morgan fingerprint density at radius 3 is 2.89 bits per heavy atom. The number of halogens is 2. The van der Waals surface area contributed by atoms with Crippen LogP contribution in [0.1, 0.15) is 18.1 Å². The maximum atomic E-state index is 13.5. The number of likely N-dealkylation sites (N-methyl/N-ethyl adjacent to an activating group) is 1. The van der Waals surface area contributed by atoms with E-state index in [1.807, 2.05) is 23.7 Å². The summed E-state index contributed by atoms with van der Waals surface area (Å²) in [5.74, 6) is 0.881. The van der Waals surface area contributed by atoms with E-state index in [2.05, 4.69) is 0 Å². The predicted octanol–water partition coefficient (Wildman–Crippen LogP) is 2.44. The maximum Gasteiger partial charge on any atom is 0.131 e. The van der Waals surface area contributed by atoms with Crippen molar-refractivity contribution in [2.45, 2.75) is 18.6 Å². The molecular formula is C13H17F2NOS. The highest BCUT2D eigenvalue weighted by Crippen LogP contribution is 2.24. The summed E-state index contributed by atoms with van der Waals surface area (Å²) in [6, 6.07) is 3.73. The molecule has 1 aliphatic heterocycles. The van der Waals surface area contributed by atoms with Crippen LogP contribution in [0.2, 0.25) is 0 Å². The summed E-state index contributed by atoms with van der Waals surface area (Å²) in [5, 5.41) is 10.0. The number of hydrogen-bond donors (Lipinski definition) is 1. The average Bonchev–Trinajstić information content (AvgIpc) is 2.81. The Labute approximate surface area is 110 Å². The van der Waals surface area contributed by atoms with Gasteiger partial charge in [-0.1, -0.05) is 6.07 Å². The third kappa shape index (κ3) is 3.22. The van der Waals surface area contributed by atoms with Crippen molar-refractivity contribution in [2.24, 2.45) is 0 Å². The van der Waals surface area contributed by atoms with Crippen LogP contribution in [-0.4, -0.2) is 41.1 Å². The van der Waals surface area contributed by atoms with Crippen LogP contribution in [-0.2, 0) is 0 Å². The standard InChI is InChI=1S/C13H17F2NOS/c1-16(10-4-5-18-8-10)7-13(17)11-3-2-9(14)6-12(11)15/h2-3,6,10,13,17H,4-5,7-8H2,1H3. The van der Waals surface area contributed by atoms with Crippen molar-refractivity contribution < 1.29 is 13.9 Å². The molecule has 0 aliphatic carbocycles. The highest BCUT2D eigenvalue weighted by Gasteiger charge is 2.23. The van der Waals surface area contributed by atoms with Crippen molar-refractivity contribution >= 4 is 11.8 Å². The summed E-state index contributed by atoms with van der Waals surface area (Å²) in [7, 11) is 1.93. The lowest BCUT2D eigenvalue weighted by atomic mass is 10.1. The minimum atomic E-state index is -0.916. The summed E-state index contributed by atoms with van der Waals surface area (Å²) in [5.41, 5.74) is 0.161. The zero-order valence-electron chi connectivity index (χ0n) is 10.3. The third-order valence-corrected chi connectivity index (χ3v) is 4.46. The third-order valence-electron chi connectivity index (χ3n) is 3.31. The van der Waals surface area contributed by atoms with Gasteiger partial charge in [-0.05, 0) is 25.3 Å². The van der Waals surface area contributed by atoms with Crippen LogP contribution >= 0.6 is 11.8 Å². The van der Waals surface area contributed by atoms with Crippen molar-refractivity contribution in [3.63, 3.8) is 0 Å². The van der Waals surface area contributed by atoms with Crippen LogP contribution in [0.15, 0.2) is 18.2 Å². The molecule has 1 aromatic rings. The summed E-state index contributed by atoms with van der Waals surface area (Å²) >= 11 is 1.89. The van der Waals surface area contributed by atoms with E-state index in [1.165, 1.54) is 12.1 Å². The smallest absolute Gasteiger partial charge is 0.131 e. The van der Waals surface area contributed by atoms with Gasteiger partial charge in [-0.25, -0.2) is 8.78 Å². The van der Waals surface area contributed by atoms with Gasteiger partial charge in [0.15, 0.2) is 0 Å². The van der Waals surface area contributed by atoms with Gasteiger partial charge in [0.2, 0.25) is 0 Å². The zero-order valence-corrected chi connectivity index (χ0v) is 11.1. The number of aliphatic hydroxyl groups is 1. The molecule has 2 atom stereocenters. The minimum absolute atomic E-state index is 0.161. The summed E-state index contributed by atoms with van der Waals surface area (Å²) in [6.07, 6.45) is 0.181. The first-order valence-electron chi connectivity index (χ1n) is 5.99. The number of benzene rings is 1. The monoisotopic (exact) mass is 273 g/mol. The van der Waals surface area contributed by atoms with Gasteiger partial charge in [0.05, 0.1) is 6.10 Å². The molecule has 0 saturated carbocycles. The Morgan fingerprint density at radius 1 is 1.50 bits per heavy atom. The van der Waals surface area contributed by atoms with Crippen LogP contribution < -0.4 is 0 Å². The number of thioether (sulfide) groups is 1. The van der Waals surface area contributed by atoms with Gasteiger partial charge in [-0.2, -0.15) is 11.8 Å². The Morgan fingerprint density at radius 2 is 2.28 bits per heavy atom. The Balaban J connectivity index is 2.00. The quantitative estimate of drug-likeness (QED) is 0.911. The normalized spacial score (nSPS) is 21.5. The van der Waals surface area contributed by atoms with E-state index in [-0.39, 0.29) is 5.56 Å². The van der Waals surface area contributed by atoms with Gasteiger partial charge in [-0.15, -0.1) is 0 Å². The van der Waals surface area contributed by atoms with Gasteiger partial charge >= 0.3 is 0 Å². The van der Waals surface area contributed by atoms with E-state index in [1.54, 1.807) is 0 Å². The molecule has 2 rings (SSSR count). The average molecular weight is 273 g/mol. The van der Waals surface area contributed by atoms with E-state index in [0.29, 0.717) is 12.6 Å². The zero-order chi connectivity index (χ0) is 13.1. The highest BCUT2D eigenvalue weighted by molar-refractivity contribution is 7.99. The van der Waals surface area contributed by atoms with Crippen molar-refractivity contribution in [2.75, 3.05) is 25.1 Å². The van der Waals surface area contributed by atoms with Gasteiger partial charge in [-0.3, -0.25) is 4.90 Å². The molecule has 1 saturated heterocycles. The first-order valence-corrected chi connectivity index (χ1v) is 7.14. The fraction of sp³-hybridized carbons (Fsp3) is 0.538. The van der Waals surface area contributed by atoms with Gasteiger partial charge < -0.3 is 5.11 Å². The second kappa shape index (κ2) is 5.99. The molecule has 1 aromatic carbocycles. The Kier molecular flexibility index (Phi) is 4.59. The highest BCUT2D eigenvalue weighted by atomic mass is 32.2. The van der Waals surface area contributed by atoms with E-state index in [0.717, 1.165) is 24.0 Å². The van der Waals surface area contributed by atoms with Crippen molar-refractivity contribution in [3.8, 4) is 0 Å². The molecule has 2 nitrogen and oxygen atoms in total. The SMILES string of the molecule is CN(CC(O)c1ccc(F)cc1F)C1CCSC1. The number of aliphatic hydroxyl groups excluding tert-OH is 1. The summed E-state index contributed by atoms with van der Waals surface area (Å²) in [6.45, 7) is 0.369. The van der Waals surface area contributed by atoms with Crippen LogP contribution in [0.4, 0.5) is 8.78 Å². The Bertz CT molecular complexity index is 410. The molecule has 0 bridgehead atoms. The molecule has 1 fully saturated rings. The molecule has 100 valence electrons. The van der Waals surface area contributed by atoms with E-state index in [9.17, 15) is 13.9 Å². The van der Waals surface area contributed by atoms with E-state index in [4.69, 9.17) is 0 Å². The molecular weight excluding hydrogens is 256 g/mol. The second-order valence-corrected chi connectivity index (χ2v) is 5.79.